The van der Waals surface area contributed by atoms with Crippen molar-refractivity contribution in [3.63, 3.8) is 0 Å². The molecule has 0 saturated carbocycles. The minimum atomic E-state index is -0.449. The molecule has 3 rings (SSSR count). The third-order valence-corrected chi connectivity index (χ3v) is 3.57. The standard InChI is InChI=1S/C19H18O5/c1-3-22-19(21)13-8-17(23-14-6-4-12(2)5-7-14)16-10-15(11-20)24-18(16)9-13/h4-10,20H,3,11H2,1-2H3. The maximum absolute atomic E-state index is 12.0. The van der Waals surface area contributed by atoms with Crippen LogP contribution in [0.3, 0.4) is 0 Å². The van der Waals surface area contributed by atoms with E-state index < -0.39 is 5.97 Å². The van der Waals surface area contributed by atoms with Crippen LogP contribution < -0.4 is 4.74 Å². The minimum absolute atomic E-state index is 0.229. The summed E-state index contributed by atoms with van der Waals surface area (Å²) >= 11 is 0. The molecule has 0 amide bonds. The molecule has 1 heterocycles. The molecule has 5 nitrogen and oxygen atoms in total. The molecule has 0 bridgehead atoms. The van der Waals surface area contributed by atoms with Gasteiger partial charge in [-0.1, -0.05) is 17.7 Å². The normalized spacial score (nSPS) is 10.8. The van der Waals surface area contributed by atoms with E-state index in [1.807, 2.05) is 31.2 Å². The Bertz CT molecular complexity index is 861. The van der Waals surface area contributed by atoms with Crippen molar-refractivity contribution in [1.29, 1.82) is 0 Å². The lowest BCUT2D eigenvalue weighted by Gasteiger charge is -2.09. The number of hydrogen-bond acceptors (Lipinski definition) is 5. The molecular weight excluding hydrogens is 308 g/mol. The SMILES string of the molecule is CCOC(=O)c1cc(Oc2ccc(C)cc2)c2cc(CO)oc2c1. The Hall–Kier alpha value is -2.79. The van der Waals surface area contributed by atoms with Gasteiger partial charge in [0.25, 0.3) is 0 Å². The fraction of sp³-hybridized carbons (Fsp3) is 0.211. The van der Waals surface area contributed by atoms with Crippen LogP contribution in [0.4, 0.5) is 0 Å². The molecule has 0 radical (unpaired) electrons. The topological polar surface area (TPSA) is 68.9 Å². The van der Waals surface area contributed by atoms with Crippen molar-refractivity contribution in [1.82, 2.24) is 0 Å². The van der Waals surface area contributed by atoms with Crippen molar-refractivity contribution in [3.05, 3.63) is 59.4 Å². The van der Waals surface area contributed by atoms with Gasteiger partial charge in [-0.15, -0.1) is 0 Å². The monoisotopic (exact) mass is 326 g/mol. The molecule has 0 fully saturated rings. The summed E-state index contributed by atoms with van der Waals surface area (Å²) in [5.41, 5.74) is 1.93. The highest BCUT2D eigenvalue weighted by molar-refractivity contribution is 5.97. The lowest BCUT2D eigenvalue weighted by atomic mass is 10.1. The van der Waals surface area contributed by atoms with Gasteiger partial charge in [0.1, 0.15) is 29.4 Å². The van der Waals surface area contributed by atoms with Gasteiger partial charge in [0.2, 0.25) is 0 Å². The van der Waals surface area contributed by atoms with Gasteiger partial charge in [0.05, 0.1) is 17.6 Å². The summed E-state index contributed by atoms with van der Waals surface area (Å²) in [6, 6.07) is 12.5. The summed E-state index contributed by atoms with van der Waals surface area (Å²) < 4.78 is 16.5. The molecule has 2 aromatic carbocycles. The van der Waals surface area contributed by atoms with E-state index in [1.165, 1.54) is 0 Å². The zero-order chi connectivity index (χ0) is 17.1. The Labute approximate surface area is 139 Å². The molecule has 0 aliphatic carbocycles. The molecule has 0 saturated heterocycles. The number of aliphatic hydroxyl groups excluding tert-OH is 1. The maximum atomic E-state index is 12.0. The van der Waals surface area contributed by atoms with Crippen LogP contribution >= 0.6 is 0 Å². The van der Waals surface area contributed by atoms with Crippen molar-refractivity contribution < 1.29 is 23.8 Å². The lowest BCUT2D eigenvalue weighted by Crippen LogP contribution is -2.04. The number of benzene rings is 2. The van der Waals surface area contributed by atoms with Crippen LogP contribution in [0.5, 0.6) is 11.5 Å². The van der Waals surface area contributed by atoms with Crippen LogP contribution in [0.1, 0.15) is 28.6 Å². The smallest absolute Gasteiger partial charge is 0.338 e. The quantitative estimate of drug-likeness (QED) is 0.712. The Morgan fingerprint density at radius 1 is 1.17 bits per heavy atom. The lowest BCUT2D eigenvalue weighted by molar-refractivity contribution is 0.0526. The Kier molecular flexibility index (Phi) is 4.53. The molecule has 0 spiro atoms. The summed E-state index contributed by atoms with van der Waals surface area (Å²) in [6.45, 7) is 3.79. The number of esters is 1. The van der Waals surface area contributed by atoms with Gasteiger partial charge in [-0.2, -0.15) is 0 Å². The molecule has 0 atom stereocenters. The van der Waals surface area contributed by atoms with E-state index >= 15 is 0 Å². The highest BCUT2D eigenvalue weighted by atomic mass is 16.5. The summed E-state index contributed by atoms with van der Waals surface area (Å²) in [5, 5.41) is 9.97. The Morgan fingerprint density at radius 3 is 2.58 bits per heavy atom. The molecule has 5 heteroatoms. The Balaban J connectivity index is 2.06. The molecule has 124 valence electrons. The first-order chi connectivity index (χ1) is 11.6. The molecule has 0 aliphatic rings. The van der Waals surface area contributed by atoms with Crippen molar-refractivity contribution in [2.45, 2.75) is 20.5 Å². The highest BCUT2D eigenvalue weighted by Gasteiger charge is 2.16. The molecule has 0 aliphatic heterocycles. The van der Waals surface area contributed by atoms with Crippen LogP contribution in [-0.4, -0.2) is 17.7 Å². The van der Waals surface area contributed by atoms with E-state index in [0.717, 1.165) is 5.56 Å². The average Bonchev–Trinajstić information content (AvgIpc) is 3.00. The fourth-order valence-electron chi connectivity index (χ4n) is 2.39. The third-order valence-electron chi connectivity index (χ3n) is 3.57. The zero-order valence-corrected chi connectivity index (χ0v) is 13.5. The number of rotatable bonds is 5. The first kappa shape index (κ1) is 16.1. The predicted octanol–water partition coefficient (Wildman–Crippen LogP) is 4.20. The number of furan rings is 1. The van der Waals surface area contributed by atoms with Crippen molar-refractivity contribution in [2.75, 3.05) is 6.61 Å². The summed E-state index contributed by atoms with van der Waals surface area (Å²) in [6.07, 6.45) is 0. The zero-order valence-electron chi connectivity index (χ0n) is 13.5. The number of ether oxygens (including phenoxy) is 2. The first-order valence-electron chi connectivity index (χ1n) is 7.69. The molecule has 3 aromatic rings. The van der Waals surface area contributed by atoms with E-state index in [9.17, 15) is 9.90 Å². The van der Waals surface area contributed by atoms with Crippen molar-refractivity contribution >= 4 is 16.9 Å². The van der Waals surface area contributed by atoms with Gasteiger partial charge in [-0.25, -0.2) is 4.79 Å². The fourth-order valence-corrected chi connectivity index (χ4v) is 2.39. The van der Waals surface area contributed by atoms with Crippen LogP contribution in [0.2, 0.25) is 0 Å². The second kappa shape index (κ2) is 6.76. The van der Waals surface area contributed by atoms with E-state index in [1.54, 1.807) is 25.1 Å². The van der Waals surface area contributed by atoms with Crippen LogP contribution in [0.25, 0.3) is 11.0 Å². The number of aliphatic hydroxyl groups is 1. The van der Waals surface area contributed by atoms with Crippen LogP contribution in [0.15, 0.2) is 46.9 Å². The van der Waals surface area contributed by atoms with E-state index in [2.05, 4.69) is 0 Å². The summed E-state index contributed by atoms with van der Waals surface area (Å²) in [5.74, 6) is 1.08. The number of hydrogen-bond donors (Lipinski definition) is 1. The third kappa shape index (κ3) is 3.26. The summed E-state index contributed by atoms with van der Waals surface area (Å²) in [4.78, 5) is 12.0. The van der Waals surface area contributed by atoms with E-state index in [0.29, 0.717) is 33.8 Å². The number of aryl methyl sites for hydroxylation is 1. The highest BCUT2D eigenvalue weighted by Crippen LogP contribution is 2.34. The minimum Gasteiger partial charge on any atom is -0.462 e. The molecular formula is C19H18O5. The van der Waals surface area contributed by atoms with Gasteiger partial charge in [-0.3, -0.25) is 0 Å². The summed E-state index contributed by atoms with van der Waals surface area (Å²) in [7, 11) is 0. The van der Waals surface area contributed by atoms with Gasteiger partial charge < -0.3 is 19.0 Å². The maximum Gasteiger partial charge on any atom is 0.338 e. The first-order valence-corrected chi connectivity index (χ1v) is 7.69. The largest absolute Gasteiger partial charge is 0.462 e. The van der Waals surface area contributed by atoms with E-state index in [-0.39, 0.29) is 13.2 Å². The second-order valence-electron chi connectivity index (χ2n) is 5.39. The predicted molar refractivity (Wildman–Crippen MR) is 89.3 cm³/mol. The average molecular weight is 326 g/mol. The van der Waals surface area contributed by atoms with Gasteiger partial charge in [0, 0.05) is 0 Å². The molecule has 0 unspecified atom stereocenters. The molecule has 1 N–H and O–H groups in total. The van der Waals surface area contributed by atoms with Crippen LogP contribution in [0, 0.1) is 6.92 Å². The molecule has 1 aromatic heterocycles. The number of fused-ring (bicyclic) bond motifs is 1. The number of carbonyl (C=O) groups excluding carboxylic acids is 1. The van der Waals surface area contributed by atoms with Crippen molar-refractivity contribution in [2.24, 2.45) is 0 Å². The number of carbonyl (C=O) groups is 1. The molecule has 24 heavy (non-hydrogen) atoms. The Morgan fingerprint density at radius 2 is 1.92 bits per heavy atom. The van der Waals surface area contributed by atoms with Gasteiger partial charge in [0.15, 0.2) is 0 Å². The van der Waals surface area contributed by atoms with Gasteiger partial charge in [-0.05, 0) is 44.2 Å². The van der Waals surface area contributed by atoms with Gasteiger partial charge >= 0.3 is 5.97 Å². The van der Waals surface area contributed by atoms with Crippen LogP contribution in [-0.2, 0) is 11.3 Å². The van der Waals surface area contributed by atoms with Crippen molar-refractivity contribution in [3.8, 4) is 11.5 Å². The second-order valence-corrected chi connectivity index (χ2v) is 5.39. The van der Waals surface area contributed by atoms with E-state index in [4.69, 9.17) is 13.9 Å².